The molecule has 0 aromatic carbocycles. The van der Waals surface area contributed by atoms with Crippen LogP contribution in [-0.4, -0.2) is 33.1 Å². The first-order valence-electron chi connectivity index (χ1n) is 6.28. The van der Waals surface area contributed by atoms with Crippen molar-refractivity contribution >= 4 is 58.6 Å². The number of carbonyl (C=O) groups excluding carboxylic acids is 2. The van der Waals surface area contributed by atoms with Crippen molar-refractivity contribution in [2.24, 2.45) is 5.92 Å². The molecule has 0 spiro atoms. The van der Waals surface area contributed by atoms with E-state index < -0.39 is 9.89 Å². The minimum atomic E-state index is -1.64. The van der Waals surface area contributed by atoms with E-state index in [-0.39, 0.29) is 18.4 Å². The molecule has 2 rings (SSSR count). The molecule has 120 valence electrons. The summed E-state index contributed by atoms with van der Waals surface area (Å²) in [5.41, 5.74) is 0.827. The highest BCUT2D eigenvalue weighted by Crippen LogP contribution is 2.33. The van der Waals surface area contributed by atoms with E-state index in [1.165, 1.54) is 16.7 Å². The Hall–Kier alpha value is -0.820. The highest BCUT2D eigenvalue weighted by atomic mass is 35.6. The molecule has 0 unspecified atom stereocenters. The average molecular weight is 384 g/mol. The fraction of sp³-hybridized carbons (Fsp3) is 0.385. The molecule has 0 atom stereocenters. The summed E-state index contributed by atoms with van der Waals surface area (Å²) in [6.45, 7) is 1.52. The quantitative estimate of drug-likeness (QED) is 0.741. The third-order valence-corrected chi connectivity index (χ3v) is 4.46. The standard InChI is InChI=1S/C13H13Cl3N2O3S/c1-8-11(22-6-10(19)17-8)9-2-4-18(5-3-9)12(20)21-7-13(14,15)16/h2-5,9H,6-7H2,1H3,(H,17,19). The summed E-state index contributed by atoms with van der Waals surface area (Å²) >= 11 is 18.1. The van der Waals surface area contributed by atoms with E-state index in [9.17, 15) is 9.59 Å². The molecule has 0 bridgehead atoms. The highest BCUT2D eigenvalue weighted by Gasteiger charge is 2.25. The van der Waals surface area contributed by atoms with Crippen LogP contribution >= 0.6 is 46.6 Å². The average Bonchev–Trinajstić information content (AvgIpc) is 2.44. The zero-order chi connectivity index (χ0) is 16.3. The summed E-state index contributed by atoms with van der Waals surface area (Å²) in [6.07, 6.45) is 6.21. The Morgan fingerprint density at radius 2 is 2.09 bits per heavy atom. The number of hydrogen-bond acceptors (Lipinski definition) is 4. The van der Waals surface area contributed by atoms with E-state index in [1.807, 2.05) is 19.1 Å². The lowest BCUT2D eigenvalue weighted by atomic mass is 10.1. The predicted octanol–water partition coefficient (Wildman–Crippen LogP) is 3.55. The number of hydrogen-bond donors (Lipinski definition) is 1. The molecule has 0 saturated heterocycles. The Kier molecular flexibility index (Phi) is 5.71. The number of carbonyl (C=O) groups is 2. The molecule has 2 aliphatic heterocycles. The fourth-order valence-electron chi connectivity index (χ4n) is 1.90. The number of halogens is 3. The number of rotatable bonds is 2. The Balaban J connectivity index is 1.96. The van der Waals surface area contributed by atoms with Crippen molar-refractivity contribution in [1.29, 1.82) is 0 Å². The van der Waals surface area contributed by atoms with Crippen LogP contribution in [0.5, 0.6) is 0 Å². The molecule has 0 saturated carbocycles. The van der Waals surface area contributed by atoms with Crippen LogP contribution in [0.15, 0.2) is 35.2 Å². The number of alkyl halides is 3. The molecule has 2 heterocycles. The van der Waals surface area contributed by atoms with Gasteiger partial charge in [0.15, 0.2) is 0 Å². The molecule has 2 amide bonds. The van der Waals surface area contributed by atoms with E-state index in [0.717, 1.165) is 10.6 Å². The van der Waals surface area contributed by atoms with Gasteiger partial charge in [-0.3, -0.25) is 9.69 Å². The van der Waals surface area contributed by atoms with E-state index in [1.54, 1.807) is 12.4 Å². The van der Waals surface area contributed by atoms with Gasteiger partial charge in [0.05, 0.1) is 5.75 Å². The van der Waals surface area contributed by atoms with Gasteiger partial charge >= 0.3 is 6.09 Å². The molecule has 0 aromatic rings. The number of allylic oxidation sites excluding steroid dienone is 4. The second-order valence-corrected chi connectivity index (χ2v) is 8.15. The monoisotopic (exact) mass is 382 g/mol. The van der Waals surface area contributed by atoms with Crippen molar-refractivity contribution in [3.05, 3.63) is 35.2 Å². The number of nitrogens with zero attached hydrogens (tertiary/aromatic N) is 1. The van der Waals surface area contributed by atoms with Gasteiger partial charge in [0.2, 0.25) is 9.70 Å². The van der Waals surface area contributed by atoms with Crippen molar-refractivity contribution < 1.29 is 14.3 Å². The molecule has 22 heavy (non-hydrogen) atoms. The minimum Gasteiger partial charge on any atom is -0.444 e. The lowest BCUT2D eigenvalue weighted by molar-refractivity contribution is -0.117. The van der Waals surface area contributed by atoms with Gasteiger partial charge in [0, 0.05) is 28.9 Å². The first kappa shape index (κ1) is 17.5. The third-order valence-electron chi connectivity index (χ3n) is 2.84. The van der Waals surface area contributed by atoms with Gasteiger partial charge in [-0.25, -0.2) is 4.79 Å². The molecule has 9 heteroatoms. The van der Waals surface area contributed by atoms with Crippen molar-refractivity contribution in [3.8, 4) is 0 Å². The zero-order valence-corrected chi connectivity index (χ0v) is 14.6. The Morgan fingerprint density at radius 3 is 2.64 bits per heavy atom. The van der Waals surface area contributed by atoms with Crippen molar-refractivity contribution in [2.45, 2.75) is 10.7 Å². The van der Waals surface area contributed by atoms with Crippen molar-refractivity contribution in [2.75, 3.05) is 12.4 Å². The highest BCUT2D eigenvalue weighted by molar-refractivity contribution is 8.03. The van der Waals surface area contributed by atoms with Gasteiger partial charge in [-0.1, -0.05) is 47.0 Å². The summed E-state index contributed by atoms with van der Waals surface area (Å²) < 4.78 is 3.24. The van der Waals surface area contributed by atoms with Gasteiger partial charge in [-0.15, -0.1) is 11.8 Å². The van der Waals surface area contributed by atoms with Gasteiger partial charge < -0.3 is 10.1 Å². The maximum atomic E-state index is 11.8. The van der Waals surface area contributed by atoms with Crippen LogP contribution < -0.4 is 5.32 Å². The van der Waals surface area contributed by atoms with Crippen LogP contribution in [0, 0.1) is 5.92 Å². The second-order valence-electron chi connectivity index (χ2n) is 4.61. The van der Waals surface area contributed by atoms with Crippen molar-refractivity contribution in [1.82, 2.24) is 10.2 Å². The van der Waals surface area contributed by atoms with E-state index in [0.29, 0.717) is 5.75 Å². The predicted molar refractivity (Wildman–Crippen MR) is 88.5 cm³/mol. The summed E-state index contributed by atoms with van der Waals surface area (Å²) in [6, 6.07) is 0. The van der Waals surface area contributed by atoms with E-state index in [2.05, 4.69) is 5.32 Å². The molecule has 1 N–H and O–H groups in total. The van der Waals surface area contributed by atoms with Crippen LogP contribution in [0.25, 0.3) is 0 Å². The van der Waals surface area contributed by atoms with Gasteiger partial charge in [0.25, 0.3) is 0 Å². The summed E-state index contributed by atoms with van der Waals surface area (Å²) in [4.78, 5) is 25.4. The number of amides is 2. The first-order valence-corrected chi connectivity index (χ1v) is 8.40. The normalized spacial score (nSPS) is 19.5. The maximum Gasteiger partial charge on any atom is 0.418 e. The van der Waals surface area contributed by atoms with E-state index in [4.69, 9.17) is 39.5 Å². The molecule has 5 nitrogen and oxygen atoms in total. The smallest absolute Gasteiger partial charge is 0.418 e. The Morgan fingerprint density at radius 1 is 1.45 bits per heavy atom. The Bertz CT molecular complexity index is 555. The van der Waals surface area contributed by atoms with Crippen LogP contribution in [0.2, 0.25) is 0 Å². The SMILES string of the molecule is CC1=C(C2C=CN(C(=O)OCC(Cl)(Cl)Cl)C=C2)SCC(=O)N1. The topological polar surface area (TPSA) is 58.6 Å². The molecular weight excluding hydrogens is 371 g/mol. The summed E-state index contributed by atoms with van der Waals surface area (Å²) in [7, 11) is 0. The summed E-state index contributed by atoms with van der Waals surface area (Å²) in [5.74, 6) is 0.384. The maximum absolute atomic E-state index is 11.8. The minimum absolute atomic E-state index is 0.00261. The second kappa shape index (κ2) is 7.17. The van der Waals surface area contributed by atoms with Crippen molar-refractivity contribution in [3.63, 3.8) is 0 Å². The number of ether oxygens (including phenoxy) is 1. The number of nitrogens with one attached hydrogen (secondary N) is 1. The lowest BCUT2D eigenvalue weighted by Gasteiger charge is -2.25. The fourth-order valence-corrected chi connectivity index (χ4v) is 3.04. The molecule has 2 aliphatic rings. The Labute approximate surface area is 147 Å². The number of thioether (sulfide) groups is 1. The van der Waals surface area contributed by atoms with Crippen LogP contribution in [-0.2, 0) is 9.53 Å². The van der Waals surface area contributed by atoms with Gasteiger partial charge in [-0.05, 0) is 6.92 Å². The summed E-state index contributed by atoms with van der Waals surface area (Å²) in [5, 5.41) is 2.80. The largest absolute Gasteiger partial charge is 0.444 e. The lowest BCUT2D eigenvalue weighted by Crippen LogP contribution is -2.30. The van der Waals surface area contributed by atoms with Crippen LogP contribution in [0.4, 0.5) is 4.79 Å². The molecule has 0 radical (unpaired) electrons. The van der Waals surface area contributed by atoms with Gasteiger partial charge in [0.1, 0.15) is 6.61 Å². The van der Waals surface area contributed by atoms with Crippen LogP contribution in [0.3, 0.4) is 0 Å². The molecule has 0 aromatic heterocycles. The molecule has 0 fully saturated rings. The van der Waals surface area contributed by atoms with E-state index >= 15 is 0 Å². The third kappa shape index (κ3) is 4.84. The van der Waals surface area contributed by atoms with Gasteiger partial charge in [-0.2, -0.15) is 0 Å². The molecule has 0 aliphatic carbocycles. The molecular formula is C13H13Cl3N2O3S. The zero-order valence-electron chi connectivity index (χ0n) is 11.5. The first-order chi connectivity index (χ1) is 10.3. The van der Waals surface area contributed by atoms with Crippen LogP contribution in [0.1, 0.15) is 6.92 Å².